The Morgan fingerprint density at radius 2 is 1.87 bits per heavy atom. The van der Waals surface area contributed by atoms with Crippen LogP contribution >= 0.6 is 0 Å². The van der Waals surface area contributed by atoms with Crippen molar-refractivity contribution >= 4 is 5.91 Å². The van der Waals surface area contributed by atoms with Crippen LogP contribution in [0, 0.1) is 0 Å². The highest BCUT2D eigenvalue weighted by molar-refractivity contribution is 5.76. The predicted molar refractivity (Wildman–Crippen MR) is 92.3 cm³/mol. The number of hydrogen-bond donors (Lipinski definition) is 0. The molecular formula is C20H29NO2. The average Bonchev–Trinajstić information content (AvgIpc) is 2.92. The maximum Gasteiger partial charge on any atom is 0.222 e. The summed E-state index contributed by atoms with van der Waals surface area (Å²) in [4.78, 5) is 14.5. The Morgan fingerprint density at radius 1 is 1.13 bits per heavy atom. The van der Waals surface area contributed by atoms with Crippen molar-refractivity contribution in [3.63, 3.8) is 0 Å². The first-order valence-electron chi connectivity index (χ1n) is 8.89. The van der Waals surface area contributed by atoms with Gasteiger partial charge < -0.3 is 9.64 Å². The average molecular weight is 315 g/mol. The number of ether oxygens (including phenoxy) is 1. The van der Waals surface area contributed by atoms with E-state index in [1.165, 1.54) is 11.1 Å². The minimum atomic E-state index is -0.0134. The number of amides is 1. The molecule has 0 bridgehead atoms. The van der Waals surface area contributed by atoms with Crippen LogP contribution < -0.4 is 0 Å². The van der Waals surface area contributed by atoms with Crippen LogP contribution in [0.25, 0.3) is 0 Å². The van der Waals surface area contributed by atoms with Gasteiger partial charge in [-0.2, -0.15) is 0 Å². The molecule has 23 heavy (non-hydrogen) atoms. The van der Waals surface area contributed by atoms with Crippen LogP contribution in [-0.4, -0.2) is 29.6 Å². The molecule has 1 atom stereocenters. The van der Waals surface area contributed by atoms with Crippen LogP contribution in [0.2, 0.25) is 0 Å². The Bertz CT molecular complexity index is 550. The van der Waals surface area contributed by atoms with E-state index in [-0.39, 0.29) is 16.9 Å². The fourth-order valence-corrected chi connectivity index (χ4v) is 3.73. The highest BCUT2D eigenvalue weighted by Crippen LogP contribution is 2.36. The van der Waals surface area contributed by atoms with Crippen molar-refractivity contribution in [3.8, 4) is 0 Å². The van der Waals surface area contributed by atoms with Gasteiger partial charge in [-0.3, -0.25) is 4.79 Å². The number of hydrogen-bond acceptors (Lipinski definition) is 2. The lowest BCUT2D eigenvalue weighted by Gasteiger charge is -2.27. The Kier molecular flexibility index (Phi) is 4.50. The van der Waals surface area contributed by atoms with Crippen LogP contribution in [0.1, 0.15) is 64.0 Å². The van der Waals surface area contributed by atoms with Gasteiger partial charge in [0.1, 0.15) is 0 Å². The van der Waals surface area contributed by atoms with Crippen molar-refractivity contribution < 1.29 is 9.53 Å². The first-order chi connectivity index (χ1) is 10.9. The van der Waals surface area contributed by atoms with Crippen LogP contribution in [0.4, 0.5) is 0 Å². The number of rotatable bonds is 2. The summed E-state index contributed by atoms with van der Waals surface area (Å²) < 4.78 is 5.98. The third-order valence-corrected chi connectivity index (χ3v) is 5.36. The highest BCUT2D eigenvalue weighted by atomic mass is 16.5. The molecule has 2 aliphatic heterocycles. The third kappa shape index (κ3) is 3.77. The molecule has 1 aromatic rings. The van der Waals surface area contributed by atoms with E-state index in [4.69, 9.17) is 4.74 Å². The van der Waals surface area contributed by atoms with E-state index in [9.17, 15) is 4.79 Å². The molecule has 2 aliphatic rings. The fraction of sp³-hybridized carbons (Fsp3) is 0.650. The molecule has 126 valence electrons. The maximum atomic E-state index is 12.5. The molecule has 0 radical (unpaired) electrons. The number of benzene rings is 1. The summed E-state index contributed by atoms with van der Waals surface area (Å²) in [6, 6.07) is 8.72. The summed E-state index contributed by atoms with van der Waals surface area (Å²) in [7, 11) is 0. The molecule has 1 amide bonds. The molecule has 1 unspecified atom stereocenters. The van der Waals surface area contributed by atoms with Gasteiger partial charge in [-0.15, -0.1) is 0 Å². The molecule has 0 aliphatic carbocycles. The lowest BCUT2D eigenvalue weighted by Crippen LogP contribution is -2.32. The van der Waals surface area contributed by atoms with Crippen molar-refractivity contribution in [2.75, 3.05) is 13.2 Å². The second-order valence-electron chi connectivity index (χ2n) is 8.15. The van der Waals surface area contributed by atoms with Gasteiger partial charge in [-0.05, 0) is 42.2 Å². The second kappa shape index (κ2) is 6.27. The lowest BCUT2D eigenvalue weighted by molar-refractivity contribution is -0.131. The van der Waals surface area contributed by atoms with Gasteiger partial charge in [-0.25, -0.2) is 0 Å². The topological polar surface area (TPSA) is 29.5 Å². The second-order valence-corrected chi connectivity index (χ2v) is 8.15. The molecule has 0 N–H and O–H groups in total. The van der Waals surface area contributed by atoms with E-state index in [0.29, 0.717) is 6.42 Å². The molecule has 2 fully saturated rings. The molecule has 3 nitrogen and oxygen atoms in total. The summed E-state index contributed by atoms with van der Waals surface area (Å²) in [6.45, 7) is 9.08. The van der Waals surface area contributed by atoms with Gasteiger partial charge in [0.15, 0.2) is 0 Å². The SMILES string of the molecule is CC(C)(C)c1ccc(CN2CCC3(CCCO3)CCC2=O)cc1. The minimum Gasteiger partial charge on any atom is -0.375 e. The zero-order valence-corrected chi connectivity index (χ0v) is 14.7. The van der Waals surface area contributed by atoms with Crippen molar-refractivity contribution in [3.05, 3.63) is 35.4 Å². The summed E-state index contributed by atoms with van der Waals surface area (Å²) in [5, 5.41) is 0. The van der Waals surface area contributed by atoms with Crippen molar-refractivity contribution in [1.82, 2.24) is 4.90 Å². The molecule has 2 saturated heterocycles. The summed E-state index contributed by atoms with van der Waals surface area (Å²) in [5.74, 6) is 0.275. The monoisotopic (exact) mass is 315 g/mol. The summed E-state index contributed by atoms with van der Waals surface area (Å²) in [6.07, 6.45) is 4.76. The lowest BCUT2D eigenvalue weighted by atomic mass is 9.87. The minimum absolute atomic E-state index is 0.0134. The quantitative estimate of drug-likeness (QED) is 0.824. The van der Waals surface area contributed by atoms with Crippen molar-refractivity contribution in [2.45, 2.75) is 70.4 Å². The molecule has 0 saturated carbocycles. The summed E-state index contributed by atoms with van der Waals surface area (Å²) in [5.41, 5.74) is 2.71. The Morgan fingerprint density at radius 3 is 2.48 bits per heavy atom. The number of likely N-dealkylation sites (tertiary alicyclic amines) is 1. The number of nitrogens with zero attached hydrogens (tertiary/aromatic N) is 1. The van der Waals surface area contributed by atoms with Crippen LogP contribution in [0.5, 0.6) is 0 Å². The van der Waals surface area contributed by atoms with E-state index < -0.39 is 0 Å². The van der Waals surface area contributed by atoms with Gasteiger partial charge >= 0.3 is 0 Å². The number of carbonyl (C=O) groups excluding carboxylic acids is 1. The standard InChI is InChI=1S/C20H29NO2/c1-19(2,3)17-7-5-16(6-8-17)15-21-13-12-20(10-4-14-23-20)11-9-18(21)22/h5-8H,4,9-15H2,1-3H3. The fourth-order valence-electron chi connectivity index (χ4n) is 3.73. The Balaban J connectivity index is 1.66. The predicted octanol–water partition coefficient (Wildman–Crippen LogP) is 4.05. The largest absolute Gasteiger partial charge is 0.375 e. The first kappa shape index (κ1) is 16.5. The maximum absolute atomic E-state index is 12.5. The smallest absolute Gasteiger partial charge is 0.222 e. The van der Waals surface area contributed by atoms with Gasteiger partial charge in [0.25, 0.3) is 0 Å². The van der Waals surface area contributed by atoms with Gasteiger partial charge in [0, 0.05) is 26.1 Å². The molecular weight excluding hydrogens is 286 g/mol. The molecule has 3 heteroatoms. The van der Waals surface area contributed by atoms with E-state index >= 15 is 0 Å². The zero-order valence-electron chi connectivity index (χ0n) is 14.7. The molecule has 3 rings (SSSR count). The molecule has 2 heterocycles. The zero-order chi connectivity index (χ0) is 16.5. The molecule has 0 aromatic heterocycles. The van der Waals surface area contributed by atoms with Gasteiger partial charge in [0.05, 0.1) is 5.60 Å². The van der Waals surface area contributed by atoms with Gasteiger partial charge in [-0.1, -0.05) is 45.0 Å². The number of carbonyl (C=O) groups is 1. The normalized spacial score (nSPS) is 25.9. The molecule has 1 spiro atoms. The van der Waals surface area contributed by atoms with E-state index in [0.717, 1.165) is 45.4 Å². The van der Waals surface area contributed by atoms with E-state index in [1.807, 2.05) is 4.90 Å². The molecule has 1 aromatic carbocycles. The van der Waals surface area contributed by atoms with Crippen molar-refractivity contribution in [2.24, 2.45) is 0 Å². The van der Waals surface area contributed by atoms with E-state index in [2.05, 4.69) is 45.0 Å². The van der Waals surface area contributed by atoms with Crippen LogP contribution in [0.3, 0.4) is 0 Å². The van der Waals surface area contributed by atoms with Crippen LogP contribution in [-0.2, 0) is 21.5 Å². The van der Waals surface area contributed by atoms with Gasteiger partial charge in [0.2, 0.25) is 5.91 Å². The highest BCUT2D eigenvalue weighted by Gasteiger charge is 2.38. The first-order valence-corrected chi connectivity index (χ1v) is 8.89. The Hall–Kier alpha value is -1.35. The summed E-state index contributed by atoms with van der Waals surface area (Å²) >= 11 is 0. The van der Waals surface area contributed by atoms with Crippen molar-refractivity contribution in [1.29, 1.82) is 0 Å². The van der Waals surface area contributed by atoms with E-state index in [1.54, 1.807) is 0 Å². The Labute approximate surface area is 140 Å². The third-order valence-electron chi connectivity index (χ3n) is 5.36. The van der Waals surface area contributed by atoms with Crippen LogP contribution in [0.15, 0.2) is 24.3 Å².